The van der Waals surface area contributed by atoms with Crippen LogP contribution in [0, 0.1) is 5.92 Å². The van der Waals surface area contributed by atoms with Gasteiger partial charge in [-0.2, -0.15) is 0 Å². The van der Waals surface area contributed by atoms with Crippen molar-refractivity contribution in [1.82, 2.24) is 4.90 Å². The number of piperidine rings is 1. The van der Waals surface area contributed by atoms with Gasteiger partial charge in [-0.05, 0) is 38.6 Å². The maximum absolute atomic E-state index is 9.02. The smallest absolute Gasteiger partial charge is 0.0460 e. The van der Waals surface area contributed by atoms with Gasteiger partial charge in [0.05, 0.1) is 0 Å². The predicted octanol–water partition coefficient (Wildman–Crippen LogP) is 0.851. The Kier molecular flexibility index (Phi) is 1.90. The number of aliphatic hydroxyl groups is 1. The SMILES string of the molecule is CN1[C@@H]2CC[C@@H]1CC(CO)C2. The molecule has 2 rings (SSSR count). The number of aliphatic hydroxyl groups excluding tert-OH is 1. The maximum Gasteiger partial charge on any atom is 0.0460 e. The van der Waals surface area contributed by atoms with Crippen molar-refractivity contribution in [2.75, 3.05) is 13.7 Å². The summed E-state index contributed by atoms with van der Waals surface area (Å²) in [7, 11) is 2.23. The van der Waals surface area contributed by atoms with Crippen molar-refractivity contribution < 1.29 is 5.11 Å². The molecule has 11 heavy (non-hydrogen) atoms. The molecule has 0 aromatic carbocycles. The van der Waals surface area contributed by atoms with E-state index >= 15 is 0 Å². The van der Waals surface area contributed by atoms with Gasteiger partial charge in [-0.15, -0.1) is 0 Å². The Bertz CT molecular complexity index is 134. The van der Waals surface area contributed by atoms with Crippen molar-refractivity contribution in [1.29, 1.82) is 0 Å². The fourth-order valence-electron chi connectivity index (χ4n) is 2.67. The molecule has 0 aliphatic carbocycles. The molecule has 2 bridgehead atoms. The summed E-state index contributed by atoms with van der Waals surface area (Å²) in [5.41, 5.74) is 0. The summed E-state index contributed by atoms with van der Waals surface area (Å²) in [6.07, 6.45) is 5.17. The first-order chi connectivity index (χ1) is 5.31. The van der Waals surface area contributed by atoms with Crippen molar-refractivity contribution in [3.8, 4) is 0 Å². The van der Waals surface area contributed by atoms with E-state index in [1.165, 1.54) is 25.7 Å². The minimum atomic E-state index is 0.404. The second-order valence-electron chi connectivity index (χ2n) is 4.07. The molecule has 2 aliphatic heterocycles. The average Bonchev–Trinajstić information content (AvgIpc) is 2.26. The van der Waals surface area contributed by atoms with E-state index in [1.807, 2.05) is 0 Å². The van der Waals surface area contributed by atoms with Gasteiger partial charge in [-0.25, -0.2) is 0 Å². The number of nitrogens with zero attached hydrogens (tertiary/aromatic N) is 1. The number of fused-ring (bicyclic) bond motifs is 2. The monoisotopic (exact) mass is 155 g/mol. The Labute approximate surface area is 68.2 Å². The zero-order valence-electron chi connectivity index (χ0n) is 7.16. The van der Waals surface area contributed by atoms with Crippen LogP contribution >= 0.6 is 0 Å². The second kappa shape index (κ2) is 2.76. The lowest BCUT2D eigenvalue weighted by atomic mass is 9.92. The first-order valence-corrected chi connectivity index (χ1v) is 4.64. The zero-order chi connectivity index (χ0) is 7.84. The van der Waals surface area contributed by atoms with Gasteiger partial charge < -0.3 is 10.0 Å². The zero-order valence-corrected chi connectivity index (χ0v) is 7.16. The molecule has 2 nitrogen and oxygen atoms in total. The molecule has 0 aromatic rings. The van der Waals surface area contributed by atoms with E-state index in [0.29, 0.717) is 12.5 Å². The van der Waals surface area contributed by atoms with Crippen LogP contribution < -0.4 is 0 Å². The van der Waals surface area contributed by atoms with Crippen molar-refractivity contribution >= 4 is 0 Å². The molecule has 64 valence electrons. The van der Waals surface area contributed by atoms with Crippen LogP contribution in [-0.4, -0.2) is 35.7 Å². The highest BCUT2D eigenvalue weighted by Gasteiger charge is 2.37. The standard InChI is InChI=1S/C9H17NO/c1-10-8-2-3-9(10)5-7(4-8)6-11/h7-9,11H,2-6H2,1H3/t8-,9-/m1/s1. The Morgan fingerprint density at radius 2 is 1.82 bits per heavy atom. The molecular formula is C9H17NO. The van der Waals surface area contributed by atoms with Gasteiger partial charge in [-0.3, -0.25) is 0 Å². The largest absolute Gasteiger partial charge is 0.396 e. The Balaban J connectivity index is 2.02. The fraction of sp³-hybridized carbons (Fsp3) is 1.00. The molecule has 0 spiro atoms. The van der Waals surface area contributed by atoms with Crippen LogP contribution in [0.5, 0.6) is 0 Å². The van der Waals surface area contributed by atoms with Crippen LogP contribution in [0.15, 0.2) is 0 Å². The van der Waals surface area contributed by atoms with E-state index in [2.05, 4.69) is 11.9 Å². The van der Waals surface area contributed by atoms with Crippen LogP contribution in [-0.2, 0) is 0 Å². The third-order valence-electron chi connectivity index (χ3n) is 3.45. The normalized spacial score (nSPS) is 44.7. The summed E-state index contributed by atoms with van der Waals surface area (Å²) in [6, 6.07) is 1.57. The molecule has 2 heterocycles. The quantitative estimate of drug-likeness (QED) is 0.607. The Hall–Kier alpha value is -0.0800. The molecular weight excluding hydrogens is 138 g/mol. The molecule has 2 aliphatic rings. The second-order valence-corrected chi connectivity index (χ2v) is 4.07. The van der Waals surface area contributed by atoms with Gasteiger partial charge in [0.15, 0.2) is 0 Å². The minimum Gasteiger partial charge on any atom is -0.396 e. The van der Waals surface area contributed by atoms with Crippen LogP contribution in [0.2, 0.25) is 0 Å². The molecule has 1 N–H and O–H groups in total. The number of hydrogen-bond acceptors (Lipinski definition) is 2. The van der Waals surface area contributed by atoms with Crippen LogP contribution in [0.4, 0.5) is 0 Å². The van der Waals surface area contributed by atoms with Crippen molar-refractivity contribution in [2.24, 2.45) is 5.92 Å². The highest BCUT2D eigenvalue weighted by Crippen LogP contribution is 2.36. The lowest BCUT2D eigenvalue weighted by Gasteiger charge is -2.35. The lowest BCUT2D eigenvalue weighted by molar-refractivity contribution is 0.0945. The van der Waals surface area contributed by atoms with Crippen molar-refractivity contribution in [3.05, 3.63) is 0 Å². The van der Waals surface area contributed by atoms with Crippen LogP contribution in [0.25, 0.3) is 0 Å². The van der Waals surface area contributed by atoms with E-state index < -0.39 is 0 Å². The molecule has 0 aromatic heterocycles. The molecule has 2 fully saturated rings. The van der Waals surface area contributed by atoms with Crippen molar-refractivity contribution in [2.45, 2.75) is 37.8 Å². The molecule has 2 saturated heterocycles. The van der Waals surface area contributed by atoms with E-state index in [9.17, 15) is 0 Å². The van der Waals surface area contributed by atoms with Crippen LogP contribution in [0.1, 0.15) is 25.7 Å². The van der Waals surface area contributed by atoms with E-state index in [-0.39, 0.29) is 0 Å². The Morgan fingerprint density at radius 1 is 1.27 bits per heavy atom. The third kappa shape index (κ3) is 1.18. The molecule has 2 atom stereocenters. The van der Waals surface area contributed by atoms with Gasteiger partial charge in [0.2, 0.25) is 0 Å². The summed E-state index contributed by atoms with van der Waals surface area (Å²) in [6.45, 7) is 0.404. The molecule has 2 heteroatoms. The molecule has 0 amide bonds. The van der Waals surface area contributed by atoms with Crippen LogP contribution in [0.3, 0.4) is 0 Å². The van der Waals surface area contributed by atoms with Crippen molar-refractivity contribution in [3.63, 3.8) is 0 Å². The minimum absolute atomic E-state index is 0.404. The Morgan fingerprint density at radius 3 is 2.27 bits per heavy atom. The molecule has 0 saturated carbocycles. The predicted molar refractivity (Wildman–Crippen MR) is 44.4 cm³/mol. The molecule has 0 radical (unpaired) electrons. The summed E-state index contributed by atoms with van der Waals surface area (Å²) in [4.78, 5) is 2.51. The third-order valence-corrected chi connectivity index (χ3v) is 3.45. The van der Waals surface area contributed by atoms with Gasteiger partial charge in [0.25, 0.3) is 0 Å². The van der Waals surface area contributed by atoms with Gasteiger partial charge in [0.1, 0.15) is 0 Å². The topological polar surface area (TPSA) is 23.5 Å². The summed E-state index contributed by atoms with van der Waals surface area (Å²) in [5.74, 6) is 0.601. The number of hydrogen-bond donors (Lipinski definition) is 1. The first kappa shape index (κ1) is 7.56. The number of rotatable bonds is 1. The van der Waals surface area contributed by atoms with Gasteiger partial charge >= 0.3 is 0 Å². The summed E-state index contributed by atoms with van der Waals surface area (Å²) in [5, 5.41) is 9.02. The highest BCUT2D eigenvalue weighted by atomic mass is 16.3. The fourth-order valence-corrected chi connectivity index (χ4v) is 2.67. The first-order valence-electron chi connectivity index (χ1n) is 4.64. The van der Waals surface area contributed by atoms with Gasteiger partial charge in [-0.1, -0.05) is 0 Å². The van der Waals surface area contributed by atoms with E-state index in [1.54, 1.807) is 0 Å². The average molecular weight is 155 g/mol. The molecule has 0 unspecified atom stereocenters. The van der Waals surface area contributed by atoms with E-state index in [4.69, 9.17) is 5.11 Å². The highest BCUT2D eigenvalue weighted by molar-refractivity contribution is 4.92. The van der Waals surface area contributed by atoms with Gasteiger partial charge in [0, 0.05) is 18.7 Å². The lowest BCUT2D eigenvalue weighted by Crippen LogP contribution is -2.40. The summed E-state index contributed by atoms with van der Waals surface area (Å²) >= 11 is 0. The maximum atomic E-state index is 9.02. The summed E-state index contributed by atoms with van der Waals surface area (Å²) < 4.78 is 0. The van der Waals surface area contributed by atoms with E-state index in [0.717, 1.165) is 12.1 Å².